The molecule has 3 aromatic rings. The Kier molecular flexibility index (Phi) is 7.15. The molecule has 3 N–H and O–H groups in total. The van der Waals surface area contributed by atoms with Gasteiger partial charge in [-0.05, 0) is 43.9 Å². The number of ether oxygens (including phenoxy) is 1. The molecule has 0 unspecified atom stereocenters. The van der Waals surface area contributed by atoms with Gasteiger partial charge in [-0.2, -0.15) is 5.10 Å². The quantitative estimate of drug-likeness (QED) is 0.423. The van der Waals surface area contributed by atoms with Crippen molar-refractivity contribution in [2.45, 2.75) is 55.2 Å². The van der Waals surface area contributed by atoms with E-state index in [2.05, 4.69) is 25.2 Å². The highest BCUT2D eigenvalue weighted by Gasteiger charge is 2.30. The van der Waals surface area contributed by atoms with Crippen LogP contribution >= 0.6 is 22.9 Å². The Morgan fingerprint density at radius 1 is 1.19 bits per heavy atom. The minimum absolute atomic E-state index is 0.0616. The zero-order valence-corrected chi connectivity index (χ0v) is 21.5. The molecular weight excluding hydrogens is 528 g/mol. The number of carbonyl (C=O) groups is 1. The van der Waals surface area contributed by atoms with Gasteiger partial charge in [0.1, 0.15) is 11.1 Å². The van der Waals surface area contributed by atoms with E-state index < -0.39 is 21.7 Å². The first-order valence-corrected chi connectivity index (χ1v) is 14.3. The molecule has 14 heteroatoms. The molecule has 1 aromatic carbocycles. The largest absolute Gasteiger partial charge is 0.444 e. The number of benzene rings is 1. The number of carbonyl (C=O) groups excluding carboxylic acids is 1. The fourth-order valence-electron chi connectivity index (χ4n) is 4.64. The fraction of sp³-hybridized carbons (Fsp3) is 0.455. The maximum Gasteiger partial charge on any atom is 0.407 e. The Morgan fingerprint density at radius 2 is 1.97 bits per heavy atom. The molecule has 1 aliphatic heterocycles. The van der Waals surface area contributed by atoms with Crippen LogP contribution in [-0.4, -0.2) is 61.0 Å². The lowest BCUT2D eigenvalue weighted by Crippen LogP contribution is -2.44. The number of alkyl carbamates (subject to hydrolysis) is 1. The van der Waals surface area contributed by atoms with Crippen LogP contribution in [0.15, 0.2) is 39.6 Å². The normalized spacial score (nSPS) is 22.6. The van der Waals surface area contributed by atoms with Gasteiger partial charge < -0.3 is 15.0 Å². The van der Waals surface area contributed by atoms with E-state index in [1.807, 2.05) is 4.90 Å². The Morgan fingerprint density at radius 3 is 2.78 bits per heavy atom. The molecule has 36 heavy (non-hydrogen) atoms. The van der Waals surface area contributed by atoms with Gasteiger partial charge in [-0.3, -0.25) is 4.79 Å². The molecule has 5 rings (SSSR count). The van der Waals surface area contributed by atoms with Gasteiger partial charge in [-0.1, -0.05) is 11.6 Å². The summed E-state index contributed by atoms with van der Waals surface area (Å²) in [6.07, 6.45) is 3.76. The number of nitrogens with zero attached hydrogens (tertiary/aromatic N) is 3. The van der Waals surface area contributed by atoms with Crippen LogP contribution in [0.5, 0.6) is 0 Å². The van der Waals surface area contributed by atoms with Crippen LogP contribution in [0.1, 0.15) is 32.1 Å². The minimum atomic E-state index is -3.64. The molecule has 1 aliphatic carbocycles. The van der Waals surface area contributed by atoms with Crippen LogP contribution < -0.4 is 20.5 Å². The topological polar surface area (TPSA) is 146 Å². The van der Waals surface area contributed by atoms with E-state index in [0.717, 1.165) is 10.2 Å². The molecule has 1 atom stereocenters. The number of sulfonamides is 1. The molecule has 1 saturated heterocycles. The number of fused-ring (bicyclic) bond motifs is 1. The van der Waals surface area contributed by atoms with E-state index in [4.69, 9.17) is 16.3 Å². The van der Waals surface area contributed by atoms with Crippen LogP contribution in [0, 0.1) is 0 Å². The smallest absolute Gasteiger partial charge is 0.407 e. The summed E-state index contributed by atoms with van der Waals surface area (Å²) in [7, 11) is -3.64. The lowest BCUT2D eigenvalue weighted by Gasteiger charge is -2.29. The molecule has 0 spiro atoms. The van der Waals surface area contributed by atoms with Crippen molar-refractivity contribution in [3.8, 4) is 0 Å². The number of nitrogens with one attached hydrogen (secondary N) is 3. The lowest BCUT2D eigenvalue weighted by molar-refractivity contribution is 0.102. The number of halogens is 1. The Balaban J connectivity index is 1.08. The first-order chi connectivity index (χ1) is 17.3. The first-order valence-electron chi connectivity index (χ1n) is 11.6. The number of hydrogen-bond donors (Lipinski definition) is 3. The standard InChI is InChI=1S/C22H25ClN6O5S2/c23-20-18(10-25-27-21(20)30)29-8-7-15(11-29)34-22(31)26-13-1-3-14(4-2-13)28-36(32,33)16-5-6-17-19(9-16)35-12-24-17/h5-6,9-10,12-15,28H,1-4,7-8,11H2,(H,26,31)(H,27,30)/t13?,14?,15-/m1/s1. The lowest BCUT2D eigenvalue weighted by atomic mass is 9.92. The predicted molar refractivity (Wildman–Crippen MR) is 136 cm³/mol. The summed E-state index contributed by atoms with van der Waals surface area (Å²) in [5.41, 5.74) is 2.52. The van der Waals surface area contributed by atoms with E-state index in [-0.39, 0.29) is 28.1 Å². The SMILES string of the molecule is O=C(NC1CCC(NS(=O)(=O)c2ccc3ncsc3c2)CC1)O[C@@H]1CCN(c2cn[nH]c(=O)c2Cl)C1. The minimum Gasteiger partial charge on any atom is -0.444 e. The molecule has 11 nitrogen and oxygen atoms in total. The second-order valence-corrected chi connectivity index (χ2v) is 11.9. The van der Waals surface area contributed by atoms with Crippen LogP contribution in [0.4, 0.5) is 10.5 Å². The number of anilines is 1. The van der Waals surface area contributed by atoms with E-state index in [9.17, 15) is 18.0 Å². The van der Waals surface area contributed by atoms with Crippen LogP contribution in [0.25, 0.3) is 10.2 Å². The second-order valence-electron chi connectivity index (χ2n) is 8.96. The zero-order chi connectivity index (χ0) is 25.3. The van der Waals surface area contributed by atoms with Gasteiger partial charge >= 0.3 is 6.09 Å². The summed E-state index contributed by atoms with van der Waals surface area (Å²) >= 11 is 7.47. The average molecular weight is 553 g/mol. The number of aromatic nitrogens is 3. The van der Waals surface area contributed by atoms with Gasteiger partial charge in [0.25, 0.3) is 5.56 Å². The number of hydrogen-bond acceptors (Lipinski definition) is 9. The molecule has 2 aromatic heterocycles. The highest BCUT2D eigenvalue weighted by Crippen LogP contribution is 2.27. The van der Waals surface area contributed by atoms with Gasteiger partial charge in [-0.25, -0.2) is 28.0 Å². The molecule has 0 radical (unpaired) electrons. The molecule has 2 aliphatic rings. The van der Waals surface area contributed by atoms with Crippen molar-refractivity contribution in [3.63, 3.8) is 0 Å². The van der Waals surface area contributed by atoms with Crippen molar-refractivity contribution in [1.29, 1.82) is 0 Å². The van der Waals surface area contributed by atoms with Crippen molar-refractivity contribution in [2.24, 2.45) is 0 Å². The number of aromatic amines is 1. The Bertz CT molecular complexity index is 1420. The fourth-order valence-corrected chi connectivity index (χ4v) is 6.97. The summed E-state index contributed by atoms with van der Waals surface area (Å²) in [4.78, 5) is 30.4. The summed E-state index contributed by atoms with van der Waals surface area (Å²) in [6, 6.07) is 4.63. The third-order valence-corrected chi connectivity index (χ3v) is 9.20. The molecule has 3 heterocycles. The predicted octanol–water partition coefficient (Wildman–Crippen LogP) is 2.63. The highest BCUT2D eigenvalue weighted by atomic mass is 35.5. The first kappa shape index (κ1) is 24.9. The number of amides is 1. The van der Waals surface area contributed by atoms with Crippen LogP contribution in [0.3, 0.4) is 0 Å². The summed E-state index contributed by atoms with van der Waals surface area (Å²) < 4.78 is 34.9. The Labute approximate surface area is 216 Å². The van der Waals surface area contributed by atoms with Crippen molar-refractivity contribution in [1.82, 2.24) is 25.2 Å². The maximum atomic E-state index is 12.8. The average Bonchev–Trinajstić information content (AvgIpc) is 3.51. The number of H-pyrrole nitrogens is 1. The molecular formula is C22H25ClN6O5S2. The maximum absolute atomic E-state index is 12.8. The summed E-state index contributed by atoms with van der Waals surface area (Å²) in [5, 5.41) is 9.02. The molecule has 1 saturated carbocycles. The van der Waals surface area contributed by atoms with Gasteiger partial charge in [0.15, 0.2) is 0 Å². The van der Waals surface area contributed by atoms with E-state index in [1.54, 1.807) is 23.7 Å². The van der Waals surface area contributed by atoms with E-state index in [0.29, 0.717) is 50.9 Å². The monoisotopic (exact) mass is 552 g/mol. The van der Waals surface area contributed by atoms with Crippen molar-refractivity contribution in [3.05, 3.63) is 45.3 Å². The van der Waals surface area contributed by atoms with Crippen molar-refractivity contribution < 1.29 is 17.9 Å². The summed E-state index contributed by atoms with van der Waals surface area (Å²) in [6.45, 7) is 1.00. The number of thiazole rings is 1. The third kappa shape index (κ3) is 5.48. The van der Waals surface area contributed by atoms with E-state index in [1.165, 1.54) is 17.5 Å². The van der Waals surface area contributed by atoms with Gasteiger partial charge in [0, 0.05) is 25.0 Å². The van der Waals surface area contributed by atoms with Gasteiger partial charge in [-0.15, -0.1) is 11.3 Å². The third-order valence-electron chi connectivity index (χ3n) is 6.52. The van der Waals surface area contributed by atoms with Gasteiger partial charge in [0.2, 0.25) is 10.0 Å². The molecule has 1 amide bonds. The Hall–Kier alpha value is -2.74. The van der Waals surface area contributed by atoms with E-state index >= 15 is 0 Å². The van der Waals surface area contributed by atoms with Crippen molar-refractivity contribution >= 4 is 55.0 Å². The number of rotatable bonds is 6. The zero-order valence-electron chi connectivity index (χ0n) is 19.1. The van der Waals surface area contributed by atoms with Crippen molar-refractivity contribution in [2.75, 3.05) is 18.0 Å². The highest BCUT2D eigenvalue weighted by molar-refractivity contribution is 7.89. The van der Waals surface area contributed by atoms with Crippen LogP contribution in [-0.2, 0) is 14.8 Å². The van der Waals surface area contributed by atoms with Crippen LogP contribution in [0.2, 0.25) is 5.02 Å². The molecule has 2 fully saturated rings. The molecule has 0 bridgehead atoms. The summed E-state index contributed by atoms with van der Waals surface area (Å²) in [5.74, 6) is 0. The van der Waals surface area contributed by atoms with Gasteiger partial charge in [0.05, 0.1) is 39.1 Å². The second kappa shape index (κ2) is 10.3. The molecule has 192 valence electrons.